The summed E-state index contributed by atoms with van der Waals surface area (Å²) in [5, 5.41) is 21.3. The number of rotatable bonds is 7. The van der Waals surface area contributed by atoms with E-state index in [9.17, 15) is 13.9 Å². The largest absolute Gasteiger partial charge is 0.435 e. The topological polar surface area (TPSA) is 76.3 Å². The lowest BCUT2D eigenvalue weighted by Gasteiger charge is -2.24. The molecule has 0 aliphatic rings. The number of aliphatic hydroxyl groups is 1. The van der Waals surface area contributed by atoms with Crippen LogP contribution >= 0.6 is 0 Å². The molecule has 0 amide bonds. The zero-order chi connectivity index (χ0) is 17.0. The Bertz CT molecular complexity index is 625. The second-order valence-electron chi connectivity index (χ2n) is 5.86. The molecule has 1 N–H and O–H groups in total. The molecule has 2 aromatic rings. The van der Waals surface area contributed by atoms with Crippen LogP contribution in [0.15, 0.2) is 24.3 Å². The van der Waals surface area contributed by atoms with E-state index in [0.29, 0.717) is 24.6 Å². The summed E-state index contributed by atoms with van der Waals surface area (Å²) in [5.74, 6) is 0.636. The van der Waals surface area contributed by atoms with Crippen LogP contribution in [0.25, 0.3) is 5.69 Å². The first-order valence-electron chi connectivity index (χ1n) is 6.98. The number of alkyl halides is 2. The highest BCUT2D eigenvalue weighted by Gasteiger charge is 2.18. The van der Waals surface area contributed by atoms with Crippen molar-refractivity contribution in [3.8, 4) is 11.4 Å². The highest BCUT2D eigenvalue weighted by atomic mass is 19.3. The zero-order valence-electron chi connectivity index (χ0n) is 13.1. The van der Waals surface area contributed by atoms with Gasteiger partial charge in [-0.15, -0.1) is 5.10 Å². The first kappa shape index (κ1) is 17.2. The Morgan fingerprint density at radius 2 is 1.96 bits per heavy atom. The lowest BCUT2D eigenvalue weighted by atomic mass is 10.1. The number of benzene rings is 1. The molecule has 23 heavy (non-hydrogen) atoms. The maximum absolute atomic E-state index is 12.2. The Kier molecular flexibility index (Phi) is 5.22. The lowest BCUT2D eigenvalue weighted by Crippen LogP contribution is -2.36. The van der Waals surface area contributed by atoms with E-state index in [1.165, 1.54) is 16.8 Å². The van der Waals surface area contributed by atoms with Gasteiger partial charge in [-0.2, -0.15) is 13.5 Å². The van der Waals surface area contributed by atoms with Gasteiger partial charge in [0, 0.05) is 6.54 Å². The van der Waals surface area contributed by atoms with E-state index >= 15 is 0 Å². The number of hydrogen-bond donors (Lipinski definition) is 1. The summed E-state index contributed by atoms with van der Waals surface area (Å²) >= 11 is 0. The van der Waals surface area contributed by atoms with Crippen LogP contribution in [0.4, 0.5) is 8.78 Å². The molecule has 0 bridgehead atoms. The minimum absolute atomic E-state index is 0.0672. The fourth-order valence-electron chi connectivity index (χ4n) is 2.23. The fourth-order valence-corrected chi connectivity index (χ4v) is 2.23. The third-order valence-corrected chi connectivity index (χ3v) is 2.91. The quantitative estimate of drug-likeness (QED) is 0.830. The van der Waals surface area contributed by atoms with E-state index in [-0.39, 0.29) is 5.75 Å². The van der Waals surface area contributed by atoms with E-state index in [0.717, 1.165) is 0 Å². The molecule has 0 unspecified atom stereocenters. The van der Waals surface area contributed by atoms with Crippen molar-refractivity contribution in [3.63, 3.8) is 0 Å². The molecule has 1 aromatic heterocycles. The number of aromatic nitrogens is 4. The summed E-state index contributed by atoms with van der Waals surface area (Å²) in [7, 11) is 1.84. The van der Waals surface area contributed by atoms with E-state index < -0.39 is 12.2 Å². The average Bonchev–Trinajstić information content (AvgIpc) is 2.84. The number of tetrazole rings is 1. The van der Waals surface area contributed by atoms with Gasteiger partial charge in [0.1, 0.15) is 5.75 Å². The van der Waals surface area contributed by atoms with Gasteiger partial charge in [-0.05, 0) is 55.6 Å². The maximum Gasteiger partial charge on any atom is 0.387 e. The standard InChI is InChI=1S/C14H19F2N5O2/c1-14(2,22)9-20(3)8-12-17-18-19-21(12)10-4-6-11(7-5-10)23-13(15)16/h4-7,13,22H,8-9H2,1-3H3. The van der Waals surface area contributed by atoms with Crippen molar-refractivity contribution in [3.05, 3.63) is 30.1 Å². The van der Waals surface area contributed by atoms with E-state index in [1.54, 1.807) is 26.0 Å². The normalized spacial score (nSPS) is 12.2. The minimum atomic E-state index is -2.86. The predicted octanol–water partition coefficient (Wildman–Crippen LogP) is 1.47. The van der Waals surface area contributed by atoms with Gasteiger partial charge in [-0.25, -0.2) is 0 Å². The van der Waals surface area contributed by atoms with Crippen molar-refractivity contribution in [1.82, 2.24) is 25.1 Å². The molecule has 0 spiro atoms. The van der Waals surface area contributed by atoms with Gasteiger partial charge < -0.3 is 9.84 Å². The third-order valence-electron chi connectivity index (χ3n) is 2.91. The van der Waals surface area contributed by atoms with Crippen LogP contribution in [0.1, 0.15) is 19.7 Å². The van der Waals surface area contributed by atoms with Crippen molar-refractivity contribution in [2.75, 3.05) is 13.6 Å². The summed E-state index contributed by atoms with van der Waals surface area (Å²) in [5.41, 5.74) is -0.204. The minimum Gasteiger partial charge on any atom is -0.435 e. The number of nitrogens with zero attached hydrogens (tertiary/aromatic N) is 5. The van der Waals surface area contributed by atoms with Crippen LogP contribution in [0.3, 0.4) is 0 Å². The van der Waals surface area contributed by atoms with E-state index in [2.05, 4.69) is 20.3 Å². The van der Waals surface area contributed by atoms with Gasteiger partial charge in [-0.3, -0.25) is 4.90 Å². The average molecular weight is 327 g/mol. The number of halogens is 2. The molecule has 9 heteroatoms. The Labute approximate surface area is 132 Å². The number of ether oxygens (including phenoxy) is 1. The first-order chi connectivity index (χ1) is 10.7. The van der Waals surface area contributed by atoms with Gasteiger partial charge in [0.15, 0.2) is 5.82 Å². The van der Waals surface area contributed by atoms with Crippen LogP contribution in [0.5, 0.6) is 5.75 Å². The molecular weight excluding hydrogens is 308 g/mol. The SMILES string of the molecule is CN(Cc1nnnn1-c1ccc(OC(F)F)cc1)CC(C)(C)O. The van der Waals surface area contributed by atoms with Crippen LogP contribution in [-0.4, -0.2) is 56.0 Å². The molecule has 0 fully saturated rings. The molecule has 2 rings (SSSR count). The van der Waals surface area contributed by atoms with Gasteiger partial charge in [0.05, 0.1) is 17.8 Å². The molecule has 0 atom stereocenters. The summed E-state index contributed by atoms with van der Waals surface area (Å²) in [6.07, 6.45) is 0. The molecule has 0 aliphatic carbocycles. The van der Waals surface area contributed by atoms with Crippen molar-refractivity contribution in [2.45, 2.75) is 32.6 Å². The van der Waals surface area contributed by atoms with Crippen molar-refractivity contribution >= 4 is 0 Å². The number of hydrogen-bond acceptors (Lipinski definition) is 6. The molecule has 1 aromatic carbocycles. The summed E-state index contributed by atoms with van der Waals surface area (Å²) in [6, 6.07) is 6.03. The Hall–Kier alpha value is -2.13. The van der Waals surface area contributed by atoms with Crippen molar-refractivity contribution < 1.29 is 18.6 Å². The fraction of sp³-hybridized carbons (Fsp3) is 0.500. The lowest BCUT2D eigenvalue weighted by molar-refractivity contribution is -0.0498. The molecule has 126 valence electrons. The molecule has 0 radical (unpaired) electrons. The van der Waals surface area contributed by atoms with Crippen LogP contribution in [-0.2, 0) is 6.54 Å². The summed E-state index contributed by atoms with van der Waals surface area (Å²) in [4.78, 5) is 1.89. The smallest absolute Gasteiger partial charge is 0.387 e. The van der Waals surface area contributed by atoms with E-state index in [4.69, 9.17) is 0 Å². The molecule has 0 aliphatic heterocycles. The van der Waals surface area contributed by atoms with Gasteiger partial charge in [0.25, 0.3) is 0 Å². The predicted molar refractivity (Wildman–Crippen MR) is 78.4 cm³/mol. The monoisotopic (exact) mass is 327 g/mol. The number of likely N-dealkylation sites (N-methyl/N-ethyl adjacent to an activating group) is 1. The molecule has 0 saturated carbocycles. The molecule has 0 saturated heterocycles. The molecule has 1 heterocycles. The third kappa shape index (κ3) is 5.22. The van der Waals surface area contributed by atoms with Crippen molar-refractivity contribution in [2.24, 2.45) is 0 Å². The van der Waals surface area contributed by atoms with Gasteiger partial charge in [0.2, 0.25) is 0 Å². The van der Waals surface area contributed by atoms with Crippen LogP contribution < -0.4 is 4.74 Å². The van der Waals surface area contributed by atoms with Crippen LogP contribution in [0, 0.1) is 0 Å². The zero-order valence-corrected chi connectivity index (χ0v) is 13.1. The van der Waals surface area contributed by atoms with E-state index in [1.807, 2.05) is 11.9 Å². The summed E-state index contributed by atoms with van der Waals surface area (Å²) < 4.78 is 30.1. The van der Waals surface area contributed by atoms with Gasteiger partial charge in [-0.1, -0.05) is 0 Å². The molecule has 7 nitrogen and oxygen atoms in total. The maximum atomic E-state index is 12.2. The Balaban J connectivity index is 2.11. The second kappa shape index (κ2) is 6.97. The molecular formula is C14H19F2N5O2. The highest BCUT2D eigenvalue weighted by Crippen LogP contribution is 2.18. The van der Waals surface area contributed by atoms with Crippen molar-refractivity contribution in [1.29, 1.82) is 0 Å². The van der Waals surface area contributed by atoms with Gasteiger partial charge >= 0.3 is 6.61 Å². The second-order valence-corrected chi connectivity index (χ2v) is 5.86. The van der Waals surface area contributed by atoms with Crippen LogP contribution in [0.2, 0.25) is 0 Å². The highest BCUT2D eigenvalue weighted by molar-refractivity contribution is 5.37. The summed E-state index contributed by atoms with van der Waals surface area (Å²) in [6.45, 7) is 1.44. The Morgan fingerprint density at radius 1 is 1.30 bits per heavy atom. The first-order valence-corrected chi connectivity index (χ1v) is 6.98. The Morgan fingerprint density at radius 3 is 2.52 bits per heavy atom.